The van der Waals surface area contributed by atoms with Crippen LogP contribution in [0.3, 0.4) is 0 Å². The Hall–Kier alpha value is -0.120. The van der Waals surface area contributed by atoms with Crippen molar-refractivity contribution in [1.82, 2.24) is 10.2 Å². The minimum Gasteiger partial charge on any atom is -0.379 e. The van der Waals surface area contributed by atoms with Gasteiger partial charge in [-0.05, 0) is 44.2 Å². The second-order valence-corrected chi connectivity index (χ2v) is 7.21. The maximum Gasteiger partial charge on any atom is 0.0623 e. The topological polar surface area (TPSA) is 24.5 Å². The number of fused-ring (bicyclic) bond motifs is 1. The van der Waals surface area contributed by atoms with E-state index >= 15 is 0 Å². The standard InChI is InChI=1S/C17H32N2O/c1-2-8-18-17-13-20-12-16(17)11-19-9-7-14-5-3-4-6-15(14)10-19/h14-18H,2-13H2,1H3. The lowest BCUT2D eigenvalue weighted by Crippen LogP contribution is -2.47. The summed E-state index contributed by atoms with van der Waals surface area (Å²) >= 11 is 0. The van der Waals surface area contributed by atoms with Crippen molar-refractivity contribution in [3.8, 4) is 0 Å². The number of hydrogen-bond acceptors (Lipinski definition) is 3. The zero-order chi connectivity index (χ0) is 13.8. The summed E-state index contributed by atoms with van der Waals surface area (Å²) in [4.78, 5) is 2.74. The summed E-state index contributed by atoms with van der Waals surface area (Å²) in [6, 6.07) is 0.596. The van der Waals surface area contributed by atoms with Gasteiger partial charge in [-0.3, -0.25) is 0 Å². The Kier molecular flexibility index (Phi) is 5.36. The molecule has 116 valence electrons. The van der Waals surface area contributed by atoms with Gasteiger partial charge >= 0.3 is 0 Å². The lowest BCUT2D eigenvalue weighted by molar-refractivity contribution is 0.0710. The smallest absolute Gasteiger partial charge is 0.0623 e. The molecule has 4 atom stereocenters. The lowest BCUT2D eigenvalue weighted by Gasteiger charge is -2.42. The van der Waals surface area contributed by atoms with Gasteiger partial charge in [0.1, 0.15) is 0 Å². The second kappa shape index (κ2) is 7.24. The fraction of sp³-hybridized carbons (Fsp3) is 1.00. The fourth-order valence-corrected chi connectivity index (χ4v) is 4.51. The maximum atomic E-state index is 5.73. The quantitative estimate of drug-likeness (QED) is 0.837. The number of likely N-dealkylation sites (tertiary alicyclic amines) is 1. The molecule has 0 radical (unpaired) electrons. The molecule has 3 aliphatic rings. The molecule has 0 aromatic rings. The average Bonchev–Trinajstić information content (AvgIpc) is 2.92. The third-order valence-electron chi connectivity index (χ3n) is 5.72. The predicted octanol–water partition coefficient (Wildman–Crippen LogP) is 2.51. The van der Waals surface area contributed by atoms with Gasteiger partial charge in [-0.1, -0.05) is 26.2 Å². The zero-order valence-electron chi connectivity index (χ0n) is 13.2. The molecule has 3 heteroatoms. The molecule has 3 fully saturated rings. The normalized spacial score (nSPS) is 38.9. The fourth-order valence-electron chi connectivity index (χ4n) is 4.51. The molecule has 2 aliphatic heterocycles. The van der Waals surface area contributed by atoms with Gasteiger partial charge in [0.05, 0.1) is 13.2 Å². The van der Waals surface area contributed by atoms with E-state index in [4.69, 9.17) is 4.74 Å². The number of ether oxygens (including phenoxy) is 1. The van der Waals surface area contributed by atoms with Crippen LogP contribution in [0.4, 0.5) is 0 Å². The van der Waals surface area contributed by atoms with Crippen molar-refractivity contribution < 1.29 is 4.74 Å². The highest BCUT2D eigenvalue weighted by Crippen LogP contribution is 2.36. The molecule has 1 N–H and O–H groups in total. The Labute approximate surface area is 124 Å². The van der Waals surface area contributed by atoms with Gasteiger partial charge in [0.15, 0.2) is 0 Å². The lowest BCUT2D eigenvalue weighted by atomic mass is 9.75. The summed E-state index contributed by atoms with van der Waals surface area (Å²) in [5.41, 5.74) is 0. The molecule has 20 heavy (non-hydrogen) atoms. The van der Waals surface area contributed by atoms with Crippen LogP contribution in [0.25, 0.3) is 0 Å². The molecule has 3 nitrogen and oxygen atoms in total. The molecular weight excluding hydrogens is 248 g/mol. The first-order valence-electron chi connectivity index (χ1n) is 8.90. The van der Waals surface area contributed by atoms with Gasteiger partial charge in [0.25, 0.3) is 0 Å². The Bertz CT molecular complexity index is 297. The molecule has 1 saturated carbocycles. The van der Waals surface area contributed by atoms with Crippen LogP contribution >= 0.6 is 0 Å². The monoisotopic (exact) mass is 280 g/mol. The number of piperidine rings is 1. The van der Waals surface area contributed by atoms with E-state index in [0.29, 0.717) is 12.0 Å². The van der Waals surface area contributed by atoms with Crippen molar-refractivity contribution in [2.45, 2.75) is 51.5 Å². The minimum absolute atomic E-state index is 0.596. The van der Waals surface area contributed by atoms with Crippen LogP contribution in [-0.4, -0.2) is 50.3 Å². The summed E-state index contributed by atoms with van der Waals surface area (Å²) in [6.45, 7) is 9.21. The van der Waals surface area contributed by atoms with Crippen LogP contribution in [-0.2, 0) is 4.74 Å². The van der Waals surface area contributed by atoms with Crippen molar-refractivity contribution in [2.75, 3.05) is 39.4 Å². The van der Waals surface area contributed by atoms with Gasteiger partial charge in [-0.2, -0.15) is 0 Å². The Morgan fingerprint density at radius 3 is 2.80 bits per heavy atom. The molecule has 3 rings (SSSR count). The predicted molar refractivity (Wildman–Crippen MR) is 82.9 cm³/mol. The minimum atomic E-state index is 0.596. The largest absolute Gasteiger partial charge is 0.379 e. The van der Waals surface area contributed by atoms with E-state index < -0.39 is 0 Å². The molecule has 0 aromatic heterocycles. The van der Waals surface area contributed by atoms with E-state index in [1.807, 2.05) is 0 Å². The van der Waals surface area contributed by atoms with E-state index in [9.17, 15) is 0 Å². The molecule has 1 aliphatic carbocycles. The van der Waals surface area contributed by atoms with Gasteiger partial charge < -0.3 is 15.0 Å². The summed E-state index contributed by atoms with van der Waals surface area (Å²) in [5.74, 6) is 2.76. The van der Waals surface area contributed by atoms with Gasteiger partial charge in [0.2, 0.25) is 0 Å². The SMILES string of the molecule is CCCNC1COCC1CN1CCC2CCCCC2C1. The van der Waals surface area contributed by atoms with Crippen LogP contribution < -0.4 is 5.32 Å². The number of hydrogen-bond donors (Lipinski definition) is 1. The summed E-state index contributed by atoms with van der Waals surface area (Å²) in [6.07, 6.45) is 8.62. The molecule has 2 heterocycles. The van der Waals surface area contributed by atoms with Crippen LogP contribution in [0.2, 0.25) is 0 Å². The van der Waals surface area contributed by atoms with E-state index in [2.05, 4.69) is 17.1 Å². The molecule has 2 saturated heterocycles. The Morgan fingerprint density at radius 1 is 1.10 bits per heavy atom. The first-order chi connectivity index (χ1) is 9.86. The van der Waals surface area contributed by atoms with Crippen LogP contribution in [0, 0.1) is 17.8 Å². The molecule has 4 unspecified atom stereocenters. The van der Waals surface area contributed by atoms with Crippen molar-refractivity contribution >= 4 is 0 Å². The highest BCUT2D eigenvalue weighted by atomic mass is 16.5. The average molecular weight is 280 g/mol. The molecular formula is C17H32N2O. The van der Waals surface area contributed by atoms with E-state index in [-0.39, 0.29) is 0 Å². The van der Waals surface area contributed by atoms with Gasteiger partial charge in [-0.15, -0.1) is 0 Å². The highest BCUT2D eigenvalue weighted by Gasteiger charge is 2.34. The first kappa shape index (κ1) is 14.8. The first-order valence-corrected chi connectivity index (χ1v) is 8.90. The summed E-state index contributed by atoms with van der Waals surface area (Å²) in [5, 5.41) is 3.68. The van der Waals surface area contributed by atoms with Crippen LogP contribution in [0.15, 0.2) is 0 Å². The Morgan fingerprint density at radius 2 is 1.95 bits per heavy atom. The maximum absolute atomic E-state index is 5.73. The van der Waals surface area contributed by atoms with Crippen LogP contribution in [0.1, 0.15) is 45.4 Å². The second-order valence-electron chi connectivity index (χ2n) is 7.21. The number of nitrogens with zero attached hydrogens (tertiary/aromatic N) is 1. The van der Waals surface area contributed by atoms with Gasteiger partial charge in [-0.25, -0.2) is 0 Å². The molecule has 0 bridgehead atoms. The van der Waals surface area contributed by atoms with E-state index in [1.165, 1.54) is 58.2 Å². The van der Waals surface area contributed by atoms with Gasteiger partial charge in [0, 0.05) is 25.0 Å². The molecule has 0 aromatic carbocycles. The van der Waals surface area contributed by atoms with Crippen molar-refractivity contribution in [3.63, 3.8) is 0 Å². The van der Waals surface area contributed by atoms with Crippen molar-refractivity contribution in [2.24, 2.45) is 17.8 Å². The van der Waals surface area contributed by atoms with E-state index in [0.717, 1.165) is 31.6 Å². The number of nitrogens with one attached hydrogen (secondary N) is 1. The summed E-state index contributed by atoms with van der Waals surface area (Å²) < 4.78 is 5.73. The van der Waals surface area contributed by atoms with E-state index in [1.54, 1.807) is 0 Å². The summed E-state index contributed by atoms with van der Waals surface area (Å²) in [7, 11) is 0. The molecule has 0 amide bonds. The molecule has 0 spiro atoms. The van der Waals surface area contributed by atoms with Crippen LogP contribution in [0.5, 0.6) is 0 Å². The zero-order valence-corrected chi connectivity index (χ0v) is 13.2. The third-order valence-corrected chi connectivity index (χ3v) is 5.72. The number of rotatable bonds is 5. The Balaban J connectivity index is 1.47. The highest BCUT2D eigenvalue weighted by molar-refractivity contribution is 4.88. The third kappa shape index (κ3) is 3.55. The van der Waals surface area contributed by atoms with Crippen molar-refractivity contribution in [3.05, 3.63) is 0 Å². The van der Waals surface area contributed by atoms with Crippen molar-refractivity contribution in [1.29, 1.82) is 0 Å².